The van der Waals surface area contributed by atoms with E-state index >= 15 is 0 Å². The molecule has 1 aromatic heterocycles. The van der Waals surface area contributed by atoms with Crippen molar-refractivity contribution in [3.63, 3.8) is 0 Å². The third kappa shape index (κ3) is 2.27. The lowest BCUT2D eigenvalue weighted by molar-refractivity contribution is -0.141. The van der Waals surface area contributed by atoms with Crippen LogP contribution in [-0.4, -0.2) is 9.97 Å². The first-order valence-corrected chi connectivity index (χ1v) is 4.61. The van der Waals surface area contributed by atoms with E-state index in [1.165, 1.54) is 0 Å². The topological polar surface area (TPSA) is 51.8 Å². The summed E-state index contributed by atoms with van der Waals surface area (Å²) in [4.78, 5) is 7.29. The van der Waals surface area contributed by atoms with Gasteiger partial charge in [-0.15, -0.1) is 12.4 Å². The fourth-order valence-corrected chi connectivity index (χ4v) is 1.54. The summed E-state index contributed by atoms with van der Waals surface area (Å²) in [5, 5.41) is 0. The molecule has 0 amide bonds. The third-order valence-corrected chi connectivity index (χ3v) is 2.64. The molecule has 90 valence electrons. The van der Waals surface area contributed by atoms with E-state index in [0.29, 0.717) is 12.8 Å². The quantitative estimate of drug-likeness (QED) is 0.835. The predicted molar refractivity (Wildman–Crippen MR) is 54.0 cm³/mol. The molecule has 1 fully saturated rings. The lowest BCUT2D eigenvalue weighted by Crippen LogP contribution is -2.45. The molecule has 0 unspecified atom stereocenters. The molecule has 1 aromatic rings. The highest BCUT2D eigenvalue weighted by Gasteiger charge is 2.39. The molecule has 7 heteroatoms. The highest BCUT2D eigenvalue weighted by atomic mass is 35.5. The van der Waals surface area contributed by atoms with Crippen LogP contribution in [0.4, 0.5) is 13.2 Å². The van der Waals surface area contributed by atoms with Gasteiger partial charge in [-0.05, 0) is 25.3 Å². The van der Waals surface area contributed by atoms with Crippen LogP contribution in [0.1, 0.15) is 30.8 Å². The van der Waals surface area contributed by atoms with Crippen molar-refractivity contribution in [3.05, 3.63) is 23.8 Å². The minimum absolute atomic E-state index is 0. The molecule has 1 saturated carbocycles. The van der Waals surface area contributed by atoms with Crippen molar-refractivity contribution in [2.45, 2.75) is 31.0 Å². The van der Waals surface area contributed by atoms with Gasteiger partial charge in [-0.1, -0.05) is 0 Å². The predicted octanol–water partition coefficient (Wildman–Crippen LogP) is 2.26. The Morgan fingerprint density at radius 2 is 1.94 bits per heavy atom. The van der Waals surface area contributed by atoms with Crippen molar-refractivity contribution in [2.24, 2.45) is 5.73 Å². The smallest absolute Gasteiger partial charge is 0.319 e. The molecule has 0 atom stereocenters. The zero-order valence-corrected chi connectivity index (χ0v) is 9.11. The summed E-state index contributed by atoms with van der Waals surface area (Å²) in [5.41, 5.74) is 4.17. The lowest BCUT2D eigenvalue weighted by atomic mass is 9.77. The molecule has 0 saturated heterocycles. The Morgan fingerprint density at radius 1 is 1.31 bits per heavy atom. The summed E-state index contributed by atoms with van der Waals surface area (Å²) in [6.45, 7) is 0. The van der Waals surface area contributed by atoms with Crippen molar-refractivity contribution in [1.29, 1.82) is 0 Å². The summed E-state index contributed by atoms with van der Waals surface area (Å²) in [7, 11) is 0. The van der Waals surface area contributed by atoms with E-state index in [1.807, 2.05) is 0 Å². The van der Waals surface area contributed by atoms with Gasteiger partial charge in [-0.25, -0.2) is 9.97 Å². The Hall–Kier alpha value is -0.880. The Morgan fingerprint density at radius 3 is 2.38 bits per heavy atom. The van der Waals surface area contributed by atoms with Gasteiger partial charge in [0.1, 0.15) is 11.5 Å². The first kappa shape index (κ1) is 13.2. The molecule has 0 radical (unpaired) electrons. The summed E-state index contributed by atoms with van der Waals surface area (Å²) in [5.74, 6) is 0.101. The van der Waals surface area contributed by atoms with E-state index in [2.05, 4.69) is 9.97 Å². The molecule has 0 aromatic carbocycles. The van der Waals surface area contributed by atoms with Crippen LogP contribution in [-0.2, 0) is 11.7 Å². The first-order valence-electron chi connectivity index (χ1n) is 4.61. The standard InChI is InChI=1S/C9H10F3N3.ClH/c10-9(11,12)6-2-5-14-7(15-6)8(13)3-1-4-8;/h2,5H,1,3-4,13H2;1H. The second kappa shape index (κ2) is 4.18. The monoisotopic (exact) mass is 253 g/mol. The maximum absolute atomic E-state index is 12.3. The Bertz CT molecular complexity index is 377. The van der Waals surface area contributed by atoms with E-state index < -0.39 is 17.4 Å². The van der Waals surface area contributed by atoms with Crippen LogP contribution in [0.15, 0.2) is 12.3 Å². The molecular formula is C9H11ClF3N3. The Balaban J connectivity index is 0.00000128. The van der Waals surface area contributed by atoms with Gasteiger partial charge in [-0.2, -0.15) is 13.2 Å². The largest absolute Gasteiger partial charge is 0.433 e. The van der Waals surface area contributed by atoms with Gasteiger partial charge in [0, 0.05) is 6.20 Å². The molecule has 2 rings (SSSR count). The maximum Gasteiger partial charge on any atom is 0.433 e. The SMILES string of the molecule is Cl.NC1(c2nccc(C(F)(F)F)n2)CCC1. The van der Waals surface area contributed by atoms with Crippen LogP contribution in [0.3, 0.4) is 0 Å². The molecule has 0 bridgehead atoms. The first-order chi connectivity index (χ1) is 6.92. The zero-order chi connectivity index (χ0) is 11.1. The number of hydrogen-bond acceptors (Lipinski definition) is 3. The van der Waals surface area contributed by atoms with Crippen LogP contribution in [0.5, 0.6) is 0 Å². The number of aromatic nitrogens is 2. The van der Waals surface area contributed by atoms with Crippen LogP contribution in [0.2, 0.25) is 0 Å². The number of halogens is 4. The Kier molecular flexibility index (Phi) is 3.44. The maximum atomic E-state index is 12.3. The summed E-state index contributed by atoms with van der Waals surface area (Å²) < 4.78 is 37.0. The summed E-state index contributed by atoms with van der Waals surface area (Å²) in [6.07, 6.45) is -1.12. The molecule has 0 aliphatic heterocycles. The second-order valence-electron chi connectivity index (χ2n) is 3.77. The highest BCUT2D eigenvalue weighted by Crippen LogP contribution is 2.37. The molecule has 1 heterocycles. The van der Waals surface area contributed by atoms with Crippen LogP contribution < -0.4 is 5.73 Å². The van der Waals surface area contributed by atoms with E-state index in [-0.39, 0.29) is 18.2 Å². The minimum atomic E-state index is -4.43. The molecule has 1 aliphatic rings. The van der Waals surface area contributed by atoms with Gasteiger partial charge in [0.25, 0.3) is 0 Å². The molecule has 3 nitrogen and oxygen atoms in total. The highest BCUT2D eigenvalue weighted by molar-refractivity contribution is 5.85. The molecule has 0 spiro atoms. The van der Waals surface area contributed by atoms with Crippen LogP contribution in [0.25, 0.3) is 0 Å². The van der Waals surface area contributed by atoms with Gasteiger partial charge >= 0.3 is 6.18 Å². The Labute approximate surface area is 96.7 Å². The number of rotatable bonds is 1. The number of nitrogens with two attached hydrogens (primary N) is 1. The van der Waals surface area contributed by atoms with Gasteiger partial charge in [0.05, 0.1) is 5.54 Å². The van der Waals surface area contributed by atoms with Crippen LogP contribution in [0, 0.1) is 0 Å². The summed E-state index contributed by atoms with van der Waals surface area (Å²) >= 11 is 0. The van der Waals surface area contributed by atoms with Crippen LogP contribution >= 0.6 is 12.4 Å². The van der Waals surface area contributed by atoms with Crippen molar-refractivity contribution < 1.29 is 13.2 Å². The normalized spacial score (nSPS) is 18.5. The average Bonchev–Trinajstić information content (AvgIpc) is 2.13. The van der Waals surface area contributed by atoms with Gasteiger partial charge in [-0.3, -0.25) is 0 Å². The molecule has 1 aliphatic carbocycles. The van der Waals surface area contributed by atoms with Crippen molar-refractivity contribution in [1.82, 2.24) is 9.97 Å². The number of alkyl halides is 3. The number of nitrogens with zero attached hydrogens (tertiary/aromatic N) is 2. The molecule has 2 N–H and O–H groups in total. The van der Waals surface area contributed by atoms with E-state index in [1.54, 1.807) is 0 Å². The average molecular weight is 254 g/mol. The van der Waals surface area contributed by atoms with E-state index in [0.717, 1.165) is 18.7 Å². The lowest BCUT2D eigenvalue weighted by Gasteiger charge is -2.36. The van der Waals surface area contributed by atoms with Crippen molar-refractivity contribution in [3.8, 4) is 0 Å². The molecule has 16 heavy (non-hydrogen) atoms. The molecular weight excluding hydrogens is 243 g/mol. The van der Waals surface area contributed by atoms with Crippen molar-refractivity contribution >= 4 is 12.4 Å². The van der Waals surface area contributed by atoms with Gasteiger partial charge < -0.3 is 5.73 Å². The fraction of sp³-hybridized carbons (Fsp3) is 0.556. The number of hydrogen-bond donors (Lipinski definition) is 1. The third-order valence-electron chi connectivity index (χ3n) is 2.64. The summed E-state index contributed by atoms with van der Waals surface area (Å²) in [6, 6.07) is 0.853. The fourth-order valence-electron chi connectivity index (χ4n) is 1.54. The minimum Gasteiger partial charge on any atom is -0.319 e. The van der Waals surface area contributed by atoms with E-state index in [4.69, 9.17) is 5.73 Å². The van der Waals surface area contributed by atoms with Gasteiger partial charge in [0.15, 0.2) is 0 Å². The zero-order valence-electron chi connectivity index (χ0n) is 8.29. The van der Waals surface area contributed by atoms with E-state index in [9.17, 15) is 13.2 Å². The van der Waals surface area contributed by atoms with Gasteiger partial charge in [0.2, 0.25) is 0 Å². The second-order valence-corrected chi connectivity index (χ2v) is 3.77. The van der Waals surface area contributed by atoms with Crippen molar-refractivity contribution in [2.75, 3.05) is 0 Å².